The highest BCUT2D eigenvalue weighted by Crippen LogP contribution is 2.42. The van der Waals surface area contributed by atoms with Gasteiger partial charge in [0.25, 0.3) is 17.7 Å². The van der Waals surface area contributed by atoms with E-state index in [1.165, 1.54) is 12.1 Å². The fraction of sp³-hybridized carbons (Fsp3) is 0.462. The molecular formula is C26H25BrN2O10S. The van der Waals surface area contributed by atoms with E-state index in [-0.39, 0.29) is 47.3 Å². The number of ether oxygens (including phenoxy) is 4. The standard InChI is InChI=1S/C26H25BrN2O10S/c1-36-24(33)18(17(10-27)39-25(34)37-11-13-6-7-13)29-22(32)19(23(29)40-26(35)38-12-14-8-9-14)28-20(30)15-4-2-3-5-16(15)21(28)31/h2-5,13-14,19,23H,6-12H2,1H3/b18-17-. The summed E-state index contributed by atoms with van der Waals surface area (Å²) < 4.78 is 20.5. The molecule has 14 heteroatoms. The molecule has 2 heterocycles. The third-order valence-corrected chi connectivity index (χ3v) is 8.34. The van der Waals surface area contributed by atoms with Gasteiger partial charge in [-0.05, 0) is 61.4 Å². The van der Waals surface area contributed by atoms with Crippen LogP contribution in [0.5, 0.6) is 0 Å². The molecule has 5 rings (SSSR count). The van der Waals surface area contributed by atoms with Crippen molar-refractivity contribution in [2.75, 3.05) is 25.7 Å². The number of alkyl halides is 1. The summed E-state index contributed by atoms with van der Waals surface area (Å²) in [6, 6.07) is 4.66. The molecule has 0 N–H and O–H groups in total. The minimum Gasteiger partial charge on any atom is -0.464 e. The van der Waals surface area contributed by atoms with Crippen LogP contribution in [0, 0.1) is 11.8 Å². The first kappa shape index (κ1) is 28.1. The summed E-state index contributed by atoms with van der Waals surface area (Å²) in [5, 5.41) is -2.23. The largest absolute Gasteiger partial charge is 0.513 e. The predicted octanol–water partition coefficient (Wildman–Crippen LogP) is 3.44. The third kappa shape index (κ3) is 5.59. The SMILES string of the molecule is COC(=O)/C(=C(\CBr)OC(=O)OCC1CC1)N1C(=O)C(N2C(=O)c3ccccc3C2=O)C1SC(=O)OCC1CC1. The molecule has 0 spiro atoms. The van der Waals surface area contributed by atoms with Gasteiger partial charge in [-0.3, -0.25) is 24.2 Å². The summed E-state index contributed by atoms with van der Waals surface area (Å²) in [6.45, 7) is 0.338. The van der Waals surface area contributed by atoms with Crippen LogP contribution in [0.3, 0.4) is 0 Å². The molecule has 2 atom stereocenters. The van der Waals surface area contributed by atoms with E-state index >= 15 is 0 Å². The Morgan fingerprint density at radius 3 is 2.05 bits per heavy atom. The zero-order valence-electron chi connectivity index (χ0n) is 21.3. The maximum atomic E-state index is 13.6. The summed E-state index contributed by atoms with van der Waals surface area (Å²) in [5.41, 5.74) is -0.246. The maximum Gasteiger partial charge on any atom is 0.513 e. The molecule has 3 fully saturated rings. The average Bonchev–Trinajstić information content (AvgIpc) is 3.89. The first-order valence-corrected chi connectivity index (χ1v) is 14.6. The number of fused-ring (bicyclic) bond motifs is 1. The Balaban J connectivity index is 1.45. The second-order valence-corrected chi connectivity index (χ2v) is 11.3. The third-order valence-electron chi connectivity index (χ3n) is 6.81. The van der Waals surface area contributed by atoms with Gasteiger partial charge in [0.05, 0.1) is 36.8 Å². The lowest BCUT2D eigenvalue weighted by Gasteiger charge is -2.48. The Bertz CT molecular complexity index is 1270. The van der Waals surface area contributed by atoms with Crippen molar-refractivity contribution in [3.8, 4) is 0 Å². The highest BCUT2D eigenvalue weighted by molar-refractivity contribution is 9.09. The molecule has 4 aliphatic rings. The van der Waals surface area contributed by atoms with Crippen molar-refractivity contribution in [2.24, 2.45) is 11.8 Å². The quantitative estimate of drug-likeness (QED) is 0.0707. The zero-order valence-corrected chi connectivity index (χ0v) is 23.7. The number of β-lactam (4-membered cyclic amide) rings is 1. The van der Waals surface area contributed by atoms with Crippen molar-refractivity contribution in [3.05, 3.63) is 46.8 Å². The number of hydrogen-bond acceptors (Lipinski definition) is 11. The second kappa shape index (κ2) is 11.6. The van der Waals surface area contributed by atoms with Crippen molar-refractivity contribution in [2.45, 2.75) is 37.1 Å². The zero-order chi connectivity index (χ0) is 28.6. The molecule has 2 unspecified atom stereocenters. The van der Waals surface area contributed by atoms with Gasteiger partial charge in [-0.1, -0.05) is 28.1 Å². The second-order valence-electron chi connectivity index (χ2n) is 9.70. The molecule has 0 radical (unpaired) electrons. The van der Waals surface area contributed by atoms with Crippen LogP contribution in [0.2, 0.25) is 0 Å². The topological polar surface area (TPSA) is 146 Å². The van der Waals surface area contributed by atoms with E-state index < -0.39 is 52.3 Å². The minimum absolute atomic E-state index is 0.116. The molecule has 0 aromatic heterocycles. The van der Waals surface area contributed by atoms with Gasteiger partial charge in [0.2, 0.25) is 0 Å². The van der Waals surface area contributed by atoms with Crippen LogP contribution in [-0.2, 0) is 28.5 Å². The number of carbonyl (C=O) groups excluding carboxylic acids is 6. The number of hydrogen-bond donors (Lipinski definition) is 0. The number of allylic oxidation sites excluding steroid dienone is 1. The first-order chi connectivity index (χ1) is 19.2. The molecule has 1 aromatic carbocycles. The Hall–Kier alpha value is -3.39. The number of nitrogens with zero attached hydrogens (tertiary/aromatic N) is 2. The van der Waals surface area contributed by atoms with E-state index in [9.17, 15) is 28.8 Å². The monoisotopic (exact) mass is 636 g/mol. The molecule has 0 bridgehead atoms. The highest BCUT2D eigenvalue weighted by atomic mass is 79.9. The Kier molecular flexibility index (Phi) is 8.17. The summed E-state index contributed by atoms with van der Waals surface area (Å²) in [4.78, 5) is 79.7. The van der Waals surface area contributed by atoms with Crippen LogP contribution >= 0.6 is 27.7 Å². The van der Waals surface area contributed by atoms with Gasteiger partial charge in [0.15, 0.2) is 17.5 Å². The van der Waals surface area contributed by atoms with Gasteiger partial charge in [0.1, 0.15) is 5.37 Å². The molecule has 1 aromatic rings. The maximum absolute atomic E-state index is 13.6. The van der Waals surface area contributed by atoms with Crippen LogP contribution < -0.4 is 0 Å². The number of imide groups is 1. The molecule has 2 aliphatic carbocycles. The number of carbonyl (C=O) groups is 6. The van der Waals surface area contributed by atoms with E-state index in [1.54, 1.807) is 12.1 Å². The Morgan fingerprint density at radius 1 is 0.950 bits per heavy atom. The van der Waals surface area contributed by atoms with Gasteiger partial charge in [-0.2, -0.15) is 0 Å². The number of thioether (sulfide) groups is 1. The van der Waals surface area contributed by atoms with Gasteiger partial charge >= 0.3 is 17.4 Å². The lowest BCUT2D eigenvalue weighted by atomic mass is 10.0. The fourth-order valence-electron chi connectivity index (χ4n) is 4.29. The van der Waals surface area contributed by atoms with Gasteiger partial charge < -0.3 is 18.9 Å². The van der Waals surface area contributed by atoms with Crippen LogP contribution in [0.4, 0.5) is 9.59 Å². The van der Waals surface area contributed by atoms with Crippen molar-refractivity contribution >= 4 is 62.8 Å². The van der Waals surface area contributed by atoms with E-state index in [0.717, 1.165) is 42.6 Å². The van der Waals surface area contributed by atoms with E-state index in [0.29, 0.717) is 11.8 Å². The van der Waals surface area contributed by atoms with E-state index in [4.69, 9.17) is 18.9 Å². The number of amides is 3. The number of methoxy groups -OCH3 is 1. The molecule has 2 aliphatic heterocycles. The normalized spacial score (nSPS) is 22.3. The molecule has 1 saturated heterocycles. The average molecular weight is 637 g/mol. The first-order valence-electron chi connectivity index (χ1n) is 12.6. The lowest BCUT2D eigenvalue weighted by Crippen LogP contribution is -2.70. The smallest absolute Gasteiger partial charge is 0.464 e. The van der Waals surface area contributed by atoms with Crippen LogP contribution in [-0.4, -0.2) is 82.0 Å². The van der Waals surface area contributed by atoms with Crippen molar-refractivity contribution < 1.29 is 47.7 Å². The molecule has 12 nitrogen and oxygen atoms in total. The molecule has 2 saturated carbocycles. The van der Waals surface area contributed by atoms with Crippen molar-refractivity contribution in [1.29, 1.82) is 0 Å². The van der Waals surface area contributed by atoms with Crippen molar-refractivity contribution in [1.82, 2.24) is 9.80 Å². The van der Waals surface area contributed by atoms with Gasteiger partial charge in [-0.15, -0.1) is 0 Å². The summed E-state index contributed by atoms with van der Waals surface area (Å²) in [7, 11) is 1.07. The number of likely N-dealkylation sites (tertiary alicyclic amines) is 1. The number of halogens is 1. The van der Waals surface area contributed by atoms with Crippen LogP contribution in [0.25, 0.3) is 0 Å². The Labute approximate surface area is 241 Å². The lowest BCUT2D eigenvalue weighted by molar-refractivity contribution is -0.153. The summed E-state index contributed by atoms with van der Waals surface area (Å²) in [6.07, 6.45) is 2.64. The number of benzene rings is 1. The number of rotatable bonds is 10. The summed E-state index contributed by atoms with van der Waals surface area (Å²) in [5.74, 6) is -3.11. The van der Waals surface area contributed by atoms with Crippen LogP contribution in [0.15, 0.2) is 35.7 Å². The molecular weight excluding hydrogens is 612 g/mol. The summed E-state index contributed by atoms with van der Waals surface area (Å²) >= 11 is 3.70. The molecule has 40 heavy (non-hydrogen) atoms. The van der Waals surface area contributed by atoms with E-state index in [1.807, 2.05) is 0 Å². The minimum atomic E-state index is -1.44. The van der Waals surface area contributed by atoms with Crippen LogP contribution in [0.1, 0.15) is 46.4 Å². The molecule has 212 valence electrons. The van der Waals surface area contributed by atoms with Crippen molar-refractivity contribution in [3.63, 3.8) is 0 Å². The fourth-order valence-corrected chi connectivity index (χ4v) is 5.68. The van der Waals surface area contributed by atoms with E-state index in [2.05, 4.69) is 15.9 Å². The Morgan fingerprint density at radius 2 is 1.52 bits per heavy atom. The van der Waals surface area contributed by atoms with Gasteiger partial charge in [-0.25, -0.2) is 14.4 Å². The van der Waals surface area contributed by atoms with Gasteiger partial charge in [0, 0.05) is 0 Å². The molecule has 3 amide bonds. The highest BCUT2D eigenvalue weighted by Gasteiger charge is 2.60. The predicted molar refractivity (Wildman–Crippen MR) is 141 cm³/mol. The number of esters is 1.